The van der Waals surface area contributed by atoms with Gasteiger partial charge in [-0.1, -0.05) is 44.2 Å². The van der Waals surface area contributed by atoms with Gasteiger partial charge in [-0.15, -0.1) is 0 Å². The summed E-state index contributed by atoms with van der Waals surface area (Å²) >= 11 is 0. The molecule has 1 heterocycles. The number of nitro groups is 1. The normalized spacial score (nSPS) is 11.7. The molecule has 3 rings (SSSR count). The number of hydrogen-bond donors (Lipinski definition) is 0. The minimum Gasteiger partial charge on any atom is -0.300 e. The summed E-state index contributed by atoms with van der Waals surface area (Å²) in [6.45, 7) is 4.02. The summed E-state index contributed by atoms with van der Waals surface area (Å²) in [5.74, 6) is 0. The maximum atomic E-state index is 12.7. The third-order valence-corrected chi connectivity index (χ3v) is 6.46. The fourth-order valence-corrected chi connectivity index (χ4v) is 4.43. The molecule has 146 valence electrons. The van der Waals surface area contributed by atoms with Crippen LogP contribution in [0.25, 0.3) is 16.9 Å². The van der Waals surface area contributed by atoms with E-state index in [1.807, 2.05) is 30.3 Å². The number of sulfonamides is 1. The Morgan fingerprint density at radius 2 is 1.79 bits per heavy atom. The van der Waals surface area contributed by atoms with Crippen molar-refractivity contribution in [3.8, 4) is 16.9 Å². The van der Waals surface area contributed by atoms with Crippen LogP contribution in [-0.4, -0.2) is 40.3 Å². The van der Waals surface area contributed by atoms with E-state index >= 15 is 0 Å². The molecule has 0 aliphatic rings. The van der Waals surface area contributed by atoms with Crippen LogP contribution in [-0.2, 0) is 10.0 Å². The van der Waals surface area contributed by atoms with Gasteiger partial charge in [0.05, 0.1) is 15.5 Å². The summed E-state index contributed by atoms with van der Waals surface area (Å²) in [5, 5.41) is 11.6. The van der Waals surface area contributed by atoms with Gasteiger partial charge in [-0.25, -0.2) is 13.4 Å². The molecule has 0 unspecified atom stereocenters. The Kier molecular flexibility index (Phi) is 5.57. The molecule has 9 heteroatoms. The van der Waals surface area contributed by atoms with E-state index in [4.69, 9.17) is 0 Å². The SMILES string of the molecule is CCN(CC)S(=O)(=O)c1ccc(-n2cnc(-c3ccccc3)c2)c([N+](=O)[O-])c1. The van der Waals surface area contributed by atoms with Crippen molar-refractivity contribution in [3.05, 3.63) is 71.2 Å². The van der Waals surface area contributed by atoms with Gasteiger partial charge in [0.25, 0.3) is 5.69 Å². The van der Waals surface area contributed by atoms with Gasteiger partial charge in [0.15, 0.2) is 0 Å². The maximum absolute atomic E-state index is 12.7. The Labute approximate surface area is 163 Å². The summed E-state index contributed by atoms with van der Waals surface area (Å²) in [7, 11) is -3.79. The second-order valence-electron chi connectivity index (χ2n) is 6.03. The van der Waals surface area contributed by atoms with Gasteiger partial charge in [0, 0.05) is 30.9 Å². The average molecular weight is 400 g/mol. The Hall–Kier alpha value is -3.04. The monoisotopic (exact) mass is 400 g/mol. The van der Waals surface area contributed by atoms with Crippen molar-refractivity contribution >= 4 is 15.7 Å². The van der Waals surface area contributed by atoms with Gasteiger partial charge in [0.2, 0.25) is 10.0 Å². The van der Waals surface area contributed by atoms with E-state index in [0.717, 1.165) is 11.6 Å². The Morgan fingerprint density at radius 1 is 1.11 bits per heavy atom. The lowest BCUT2D eigenvalue weighted by Crippen LogP contribution is -2.30. The third-order valence-electron chi connectivity index (χ3n) is 4.42. The van der Waals surface area contributed by atoms with Gasteiger partial charge in [-0.05, 0) is 12.1 Å². The molecule has 0 saturated carbocycles. The predicted molar refractivity (Wildman–Crippen MR) is 106 cm³/mol. The molecule has 0 fully saturated rings. The lowest BCUT2D eigenvalue weighted by molar-refractivity contribution is -0.384. The van der Waals surface area contributed by atoms with Crippen molar-refractivity contribution in [1.29, 1.82) is 0 Å². The van der Waals surface area contributed by atoms with Gasteiger partial charge in [-0.2, -0.15) is 4.31 Å². The number of imidazole rings is 1. The van der Waals surface area contributed by atoms with Crippen LogP contribution in [0.15, 0.2) is 66.0 Å². The molecule has 0 N–H and O–H groups in total. The van der Waals surface area contributed by atoms with Crippen LogP contribution in [0, 0.1) is 10.1 Å². The zero-order chi connectivity index (χ0) is 20.3. The lowest BCUT2D eigenvalue weighted by atomic mass is 10.2. The highest BCUT2D eigenvalue weighted by molar-refractivity contribution is 7.89. The molecule has 8 nitrogen and oxygen atoms in total. The Morgan fingerprint density at radius 3 is 2.39 bits per heavy atom. The fourth-order valence-electron chi connectivity index (χ4n) is 2.95. The molecule has 0 bridgehead atoms. The van der Waals surface area contributed by atoms with E-state index in [9.17, 15) is 18.5 Å². The van der Waals surface area contributed by atoms with E-state index in [2.05, 4.69) is 4.98 Å². The van der Waals surface area contributed by atoms with Gasteiger partial charge >= 0.3 is 0 Å². The van der Waals surface area contributed by atoms with Crippen LogP contribution in [0.5, 0.6) is 0 Å². The molecule has 2 aromatic carbocycles. The van der Waals surface area contributed by atoms with Crippen LogP contribution in [0.4, 0.5) is 5.69 Å². The maximum Gasteiger partial charge on any atom is 0.294 e. The number of rotatable bonds is 7. The van der Waals surface area contributed by atoms with Crippen molar-refractivity contribution in [2.24, 2.45) is 0 Å². The average Bonchev–Trinajstić information content (AvgIpc) is 3.19. The van der Waals surface area contributed by atoms with Crippen molar-refractivity contribution in [3.63, 3.8) is 0 Å². The summed E-state index contributed by atoms with van der Waals surface area (Å²) < 4.78 is 28.2. The molecule has 0 aliphatic heterocycles. The number of benzene rings is 2. The van der Waals surface area contributed by atoms with E-state index in [1.54, 1.807) is 20.0 Å². The fraction of sp³-hybridized carbons (Fsp3) is 0.211. The van der Waals surface area contributed by atoms with Crippen molar-refractivity contribution in [1.82, 2.24) is 13.9 Å². The second kappa shape index (κ2) is 7.91. The molecule has 0 amide bonds. The predicted octanol–water partition coefficient (Wildman–Crippen LogP) is 3.48. The summed E-state index contributed by atoms with van der Waals surface area (Å²) in [6, 6.07) is 13.4. The molecule has 28 heavy (non-hydrogen) atoms. The first-order chi connectivity index (χ1) is 13.4. The highest BCUT2D eigenvalue weighted by Gasteiger charge is 2.26. The minimum absolute atomic E-state index is 0.102. The molecular formula is C19H20N4O4S. The molecule has 1 aromatic heterocycles. The number of aromatic nitrogens is 2. The van der Waals surface area contributed by atoms with Gasteiger partial charge < -0.3 is 0 Å². The van der Waals surface area contributed by atoms with Crippen LogP contribution in [0.1, 0.15) is 13.8 Å². The summed E-state index contributed by atoms with van der Waals surface area (Å²) in [5.41, 5.74) is 1.49. The zero-order valence-electron chi connectivity index (χ0n) is 15.5. The molecule has 0 atom stereocenters. The third kappa shape index (κ3) is 3.67. The number of nitro benzene ring substituents is 1. The minimum atomic E-state index is -3.79. The zero-order valence-corrected chi connectivity index (χ0v) is 16.3. The standard InChI is InChI=1S/C19H20N4O4S/c1-3-22(4-2)28(26,27)16-10-11-18(19(12-16)23(24)25)21-13-17(20-14-21)15-8-6-5-7-9-15/h5-14H,3-4H2,1-2H3. The van der Waals surface area contributed by atoms with Crippen molar-refractivity contribution < 1.29 is 13.3 Å². The highest BCUT2D eigenvalue weighted by atomic mass is 32.2. The molecule has 0 spiro atoms. The number of nitrogens with zero attached hydrogens (tertiary/aromatic N) is 4. The van der Waals surface area contributed by atoms with Crippen LogP contribution in [0.3, 0.4) is 0 Å². The van der Waals surface area contributed by atoms with Gasteiger partial charge in [-0.3, -0.25) is 14.7 Å². The largest absolute Gasteiger partial charge is 0.300 e. The second-order valence-corrected chi connectivity index (χ2v) is 7.97. The first kappa shape index (κ1) is 19.7. The molecule has 0 aliphatic carbocycles. The summed E-state index contributed by atoms with van der Waals surface area (Å²) in [6.07, 6.45) is 3.15. The Bertz CT molecular complexity index is 1090. The molecule has 3 aromatic rings. The van der Waals surface area contributed by atoms with E-state index in [0.29, 0.717) is 5.69 Å². The number of hydrogen-bond acceptors (Lipinski definition) is 5. The van der Waals surface area contributed by atoms with Crippen molar-refractivity contribution in [2.45, 2.75) is 18.7 Å². The van der Waals surface area contributed by atoms with E-state index < -0.39 is 14.9 Å². The van der Waals surface area contributed by atoms with Crippen LogP contribution in [0.2, 0.25) is 0 Å². The van der Waals surface area contributed by atoms with E-state index in [1.165, 1.54) is 27.3 Å². The van der Waals surface area contributed by atoms with E-state index in [-0.39, 0.29) is 29.4 Å². The molecule has 0 saturated heterocycles. The quantitative estimate of drug-likeness (QED) is 0.447. The summed E-state index contributed by atoms with van der Waals surface area (Å²) in [4.78, 5) is 15.2. The van der Waals surface area contributed by atoms with Gasteiger partial charge in [0.1, 0.15) is 12.0 Å². The highest BCUT2D eigenvalue weighted by Crippen LogP contribution is 2.29. The Balaban J connectivity index is 2.06. The topological polar surface area (TPSA) is 98.3 Å². The van der Waals surface area contributed by atoms with Crippen LogP contribution < -0.4 is 0 Å². The molecular weight excluding hydrogens is 380 g/mol. The van der Waals surface area contributed by atoms with Crippen molar-refractivity contribution in [2.75, 3.05) is 13.1 Å². The lowest BCUT2D eigenvalue weighted by Gasteiger charge is -2.18. The first-order valence-corrected chi connectivity index (χ1v) is 10.2. The smallest absolute Gasteiger partial charge is 0.294 e. The molecule has 0 radical (unpaired) electrons. The first-order valence-electron chi connectivity index (χ1n) is 8.76. The van der Waals surface area contributed by atoms with Crippen LogP contribution >= 0.6 is 0 Å².